The Balaban J connectivity index is 2.33. The Morgan fingerprint density at radius 3 is 2.63 bits per heavy atom. The van der Waals surface area contributed by atoms with E-state index < -0.39 is 9.84 Å². The van der Waals surface area contributed by atoms with E-state index in [-0.39, 0.29) is 10.7 Å². The predicted octanol–water partition coefficient (Wildman–Crippen LogP) is 1.63. The second kappa shape index (κ2) is 5.40. The number of sulfone groups is 1. The molecule has 1 aliphatic rings. The Hall–Kier alpha value is -1.24. The lowest BCUT2D eigenvalue weighted by Crippen LogP contribution is -2.28. The van der Waals surface area contributed by atoms with Gasteiger partial charge in [-0.3, -0.25) is 0 Å². The Morgan fingerprint density at radius 1 is 1.47 bits per heavy atom. The molecule has 1 aromatic rings. The highest BCUT2D eigenvalue weighted by Gasteiger charge is 2.27. The molecule has 19 heavy (non-hydrogen) atoms. The van der Waals surface area contributed by atoms with Crippen molar-refractivity contribution < 1.29 is 8.42 Å². The van der Waals surface area contributed by atoms with Crippen molar-refractivity contribution in [3.63, 3.8) is 0 Å². The highest BCUT2D eigenvalue weighted by Crippen LogP contribution is 2.31. The number of rotatable bonds is 6. The number of nitrogens with zero attached hydrogens (tertiary/aromatic N) is 2. The van der Waals surface area contributed by atoms with Gasteiger partial charge in [-0.25, -0.2) is 13.1 Å². The van der Waals surface area contributed by atoms with Crippen LogP contribution < -0.4 is 11.1 Å². The molecule has 1 aromatic heterocycles. The van der Waals surface area contributed by atoms with E-state index in [1.54, 1.807) is 4.68 Å². The maximum atomic E-state index is 11.9. The molecule has 1 heterocycles. The van der Waals surface area contributed by atoms with Gasteiger partial charge in [-0.2, -0.15) is 5.10 Å². The first-order chi connectivity index (χ1) is 8.93. The van der Waals surface area contributed by atoms with Crippen molar-refractivity contribution in [2.24, 2.45) is 0 Å². The van der Waals surface area contributed by atoms with E-state index in [1.807, 2.05) is 0 Å². The number of unbranched alkanes of at least 4 members (excludes halogenated alkanes) is 1. The third kappa shape index (κ3) is 3.02. The number of aryl methyl sites for hydroxylation is 1. The van der Waals surface area contributed by atoms with E-state index in [2.05, 4.69) is 17.3 Å². The fourth-order valence-electron chi connectivity index (χ4n) is 2.14. The summed E-state index contributed by atoms with van der Waals surface area (Å²) in [5.74, 6) is 0.665. The summed E-state index contributed by atoms with van der Waals surface area (Å²) in [5.41, 5.74) is 5.95. The fraction of sp³-hybridized carbons (Fsp3) is 0.750. The van der Waals surface area contributed by atoms with Gasteiger partial charge in [0.2, 0.25) is 0 Å². The highest BCUT2D eigenvalue weighted by atomic mass is 32.2. The van der Waals surface area contributed by atoms with Gasteiger partial charge in [0.1, 0.15) is 5.82 Å². The van der Waals surface area contributed by atoms with Crippen LogP contribution in [0.4, 0.5) is 11.6 Å². The lowest BCUT2D eigenvalue weighted by atomic mass is 9.93. The number of aromatic nitrogens is 2. The molecule has 0 radical (unpaired) electrons. The maximum absolute atomic E-state index is 11.9. The summed E-state index contributed by atoms with van der Waals surface area (Å²) in [6.45, 7) is 2.72. The molecule has 3 N–H and O–H groups in total. The number of nitrogen functional groups attached to an aromatic ring is 1. The Bertz CT molecular complexity index is 546. The third-order valence-corrected chi connectivity index (χ3v) is 4.63. The summed E-state index contributed by atoms with van der Waals surface area (Å²) in [6, 6.07) is 0.328. The summed E-state index contributed by atoms with van der Waals surface area (Å²) >= 11 is 0. The molecule has 0 unspecified atom stereocenters. The number of hydrogen-bond donors (Lipinski definition) is 2. The van der Waals surface area contributed by atoms with Gasteiger partial charge >= 0.3 is 0 Å². The van der Waals surface area contributed by atoms with Crippen LogP contribution >= 0.6 is 0 Å². The fourth-order valence-corrected chi connectivity index (χ4v) is 3.08. The van der Waals surface area contributed by atoms with Crippen molar-refractivity contribution in [1.29, 1.82) is 0 Å². The highest BCUT2D eigenvalue weighted by molar-refractivity contribution is 7.91. The van der Waals surface area contributed by atoms with E-state index in [4.69, 9.17) is 5.73 Å². The van der Waals surface area contributed by atoms with Crippen LogP contribution in [0.3, 0.4) is 0 Å². The molecule has 0 spiro atoms. The van der Waals surface area contributed by atoms with Crippen LogP contribution in [-0.4, -0.2) is 30.5 Å². The van der Waals surface area contributed by atoms with Gasteiger partial charge < -0.3 is 11.1 Å². The Labute approximate surface area is 114 Å². The lowest BCUT2D eigenvalue weighted by molar-refractivity contribution is 0.442. The standard InChI is InChI=1S/C12H22N4O2S/c1-3-4-8-16-11(13)10(19(2,17)18)12(15-16)14-9-6-5-7-9/h9H,3-8,13H2,1-2H3,(H,14,15). The van der Waals surface area contributed by atoms with Gasteiger partial charge in [-0.05, 0) is 25.7 Å². The Morgan fingerprint density at radius 2 is 2.16 bits per heavy atom. The molecule has 7 heteroatoms. The normalized spacial score (nSPS) is 16.3. The van der Waals surface area contributed by atoms with Crippen molar-refractivity contribution in [3.8, 4) is 0 Å². The van der Waals surface area contributed by atoms with E-state index >= 15 is 0 Å². The molecule has 1 fully saturated rings. The first kappa shape index (κ1) is 14.2. The van der Waals surface area contributed by atoms with Crippen molar-refractivity contribution in [3.05, 3.63) is 0 Å². The molecule has 1 aliphatic carbocycles. The third-order valence-electron chi connectivity index (χ3n) is 3.49. The quantitative estimate of drug-likeness (QED) is 0.829. The maximum Gasteiger partial charge on any atom is 0.182 e. The average molecular weight is 286 g/mol. The zero-order valence-corrected chi connectivity index (χ0v) is 12.3. The molecule has 0 atom stereocenters. The van der Waals surface area contributed by atoms with Crippen molar-refractivity contribution >= 4 is 21.5 Å². The smallest absolute Gasteiger partial charge is 0.182 e. The number of nitrogens with two attached hydrogens (primary N) is 1. The van der Waals surface area contributed by atoms with Crippen LogP contribution in [-0.2, 0) is 16.4 Å². The number of hydrogen-bond acceptors (Lipinski definition) is 5. The first-order valence-electron chi connectivity index (χ1n) is 6.76. The van der Waals surface area contributed by atoms with Gasteiger partial charge in [-0.15, -0.1) is 0 Å². The molecular formula is C12H22N4O2S. The minimum atomic E-state index is -3.37. The van der Waals surface area contributed by atoms with Gasteiger partial charge in [0.15, 0.2) is 20.6 Å². The van der Waals surface area contributed by atoms with Gasteiger partial charge in [0.25, 0.3) is 0 Å². The number of nitrogens with one attached hydrogen (secondary N) is 1. The van der Waals surface area contributed by atoms with Gasteiger partial charge in [0.05, 0.1) is 0 Å². The minimum Gasteiger partial charge on any atom is -0.383 e. The largest absolute Gasteiger partial charge is 0.383 e. The second-order valence-electron chi connectivity index (χ2n) is 5.18. The summed E-state index contributed by atoms with van der Waals surface area (Å²) in [5, 5.41) is 7.54. The molecule has 0 saturated heterocycles. The van der Waals surface area contributed by atoms with Crippen LogP contribution in [0.1, 0.15) is 39.0 Å². The molecule has 108 valence electrons. The van der Waals surface area contributed by atoms with Crippen LogP contribution in [0.2, 0.25) is 0 Å². The van der Waals surface area contributed by atoms with E-state index in [1.165, 1.54) is 12.7 Å². The summed E-state index contributed by atoms with van der Waals surface area (Å²) in [7, 11) is -3.37. The molecule has 0 aliphatic heterocycles. The zero-order valence-electron chi connectivity index (χ0n) is 11.5. The first-order valence-corrected chi connectivity index (χ1v) is 8.65. The minimum absolute atomic E-state index is 0.149. The van der Waals surface area contributed by atoms with E-state index in [0.717, 1.165) is 25.7 Å². The predicted molar refractivity (Wildman–Crippen MR) is 75.9 cm³/mol. The SMILES string of the molecule is CCCCn1nc(NC2CCC2)c(S(C)(=O)=O)c1N. The zero-order chi connectivity index (χ0) is 14.0. The van der Waals surface area contributed by atoms with Crippen LogP contribution in [0.25, 0.3) is 0 Å². The molecule has 0 aromatic carbocycles. The molecule has 1 saturated carbocycles. The number of anilines is 2. The van der Waals surface area contributed by atoms with E-state index in [0.29, 0.717) is 18.4 Å². The van der Waals surface area contributed by atoms with E-state index in [9.17, 15) is 8.42 Å². The molecular weight excluding hydrogens is 264 g/mol. The second-order valence-corrected chi connectivity index (χ2v) is 7.14. The molecule has 2 rings (SSSR count). The lowest BCUT2D eigenvalue weighted by Gasteiger charge is -2.26. The van der Waals surface area contributed by atoms with Gasteiger partial charge in [-0.1, -0.05) is 13.3 Å². The summed E-state index contributed by atoms with van der Waals surface area (Å²) < 4.78 is 25.4. The molecule has 0 amide bonds. The van der Waals surface area contributed by atoms with Gasteiger partial charge in [0, 0.05) is 18.8 Å². The topological polar surface area (TPSA) is 90.0 Å². The van der Waals surface area contributed by atoms with Crippen LogP contribution in [0, 0.1) is 0 Å². The Kier molecular flexibility index (Phi) is 4.03. The van der Waals surface area contributed by atoms with Crippen molar-refractivity contribution in [2.75, 3.05) is 17.3 Å². The summed E-state index contributed by atoms with van der Waals surface area (Å²) in [6.07, 6.45) is 6.42. The summed E-state index contributed by atoms with van der Waals surface area (Å²) in [4.78, 5) is 0.149. The van der Waals surface area contributed by atoms with Crippen molar-refractivity contribution in [2.45, 2.75) is 56.5 Å². The van der Waals surface area contributed by atoms with Crippen molar-refractivity contribution in [1.82, 2.24) is 9.78 Å². The van der Waals surface area contributed by atoms with Crippen LogP contribution in [0.15, 0.2) is 4.90 Å². The molecule has 6 nitrogen and oxygen atoms in total. The monoisotopic (exact) mass is 286 g/mol. The average Bonchev–Trinajstić information content (AvgIpc) is 2.57. The molecule has 0 bridgehead atoms. The van der Waals surface area contributed by atoms with Crippen LogP contribution in [0.5, 0.6) is 0 Å².